The number of thiazole rings is 1. The van der Waals surface area contributed by atoms with E-state index >= 15 is 0 Å². The molecule has 0 fully saturated rings. The summed E-state index contributed by atoms with van der Waals surface area (Å²) in [5.41, 5.74) is 5.83. The zero-order valence-corrected chi connectivity index (χ0v) is 13.3. The number of aromatic nitrogens is 1. The summed E-state index contributed by atoms with van der Waals surface area (Å²) in [6.45, 7) is 10.7. The third-order valence-corrected chi connectivity index (χ3v) is 3.98. The fraction of sp³-hybridized carbons (Fsp3) is 0.714. The minimum atomic E-state index is -0.136. The average Bonchev–Trinajstić information content (AvgIpc) is 2.71. The highest BCUT2D eigenvalue weighted by Gasteiger charge is 2.25. The summed E-state index contributed by atoms with van der Waals surface area (Å²) in [6, 6.07) is -0.0554. The first-order valence-electron chi connectivity index (χ1n) is 6.65. The van der Waals surface area contributed by atoms with Crippen molar-refractivity contribution < 1.29 is 4.79 Å². The van der Waals surface area contributed by atoms with Crippen LogP contribution < -0.4 is 11.1 Å². The van der Waals surface area contributed by atoms with Crippen LogP contribution in [0.3, 0.4) is 0 Å². The van der Waals surface area contributed by atoms with E-state index < -0.39 is 0 Å². The number of aryl methyl sites for hydroxylation is 1. The van der Waals surface area contributed by atoms with Crippen molar-refractivity contribution in [2.24, 2.45) is 17.1 Å². The van der Waals surface area contributed by atoms with E-state index in [4.69, 9.17) is 5.73 Å². The molecule has 1 aromatic rings. The van der Waals surface area contributed by atoms with Crippen LogP contribution in [0.5, 0.6) is 0 Å². The fourth-order valence-corrected chi connectivity index (χ4v) is 2.76. The third-order valence-electron chi connectivity index (χ3n) is 2.88. The molecule has 0 aliphatic heterocycles. The Kier molecular flexibility index (Phi) is 5.50. The highest BCUT2D eigenvalue weighted by Crippen LogP contribution is 2.25. The zero-order valence-electron chi connectivity index (χ0n) is 12.5. The van der Waals surface area contributed by atoms with Gasteiger partial charge in [-0.1, -0.05) is 20.8 Å². The van der Waals surface area contributed by atoms with Gasteiger partial charge in [0.25, 0.3) is 0 Å². The van der Waals surface area contributed by atoms with Gasteiger partial charge in [0.1, 0.15) is 5.01 Å². The molecule has 0 saturated carbocycles. The van der Waals surface area contributed by atoms with Crippen molar-refractivity contribution in [1.29, 1.82) is 0 Å². The first-order chi connectivity index (χ1) is 8.73. The van der Waals surface area contributed by atoms with E-state index in [2.05, 4.69) is 31.1 Å². The number of hydrogen-bond acceptors (Lipinski definition) is 4. The van der Waals surface area contributed by atoms with E-state index in [1.54, 1.807) is 11.3 Å². The molecule has 1 amide bonds. The van der Waals surface area contributed by atoms with E-state index in [0.717, 1.165) is 16.3 Å². The summed E-state index contributed by atoms with van der Waals surface area (Å²) < 4.78 is 0. The second-order valence-corrected chi connectivity index (χ2v) is 7.50. The van der Waals surface area contributed by atoms with Crippen LogP contribution in [-0.2, 0) is 4.79 Å². The molecule has 19 heavy (non-hydrogen) atoms. The van der Waals surface area contributed by atoms with E-state index in [9.17, 15) is 4.79 Å². The molecule has 0 bridgehead atoms. The van der Waals surface area contributed by atoms with Gasteiger partial charge >= 0.3 is 0 Å². The van der Waals surface area contributed by atoms with Gasteiger partial charge in [-0.15, -0.1) is 11.3 Å². The molecule has 0 aliphatic rings. The van der Waals surface area contributed by atoms with Crippen molar-refractivity contribution in [3.8, 4) is 0 Å². The van der Waals surface area contributed by atoms with Gasteiger partial charge in [0.05, 0.1) is 12.0 Å². The van der Waals surface area contributed by atoms with Crippen molar-refractivity contribution in [2.75, 3.05) is 6.54 Å². The molecule has 1 rings (SSSR count). The van der Waals surface area contributed by atoms with E-state index in [1.165, 1.54) is 0 Å². The lowest BCUT2D eigenvalue weighted by molar-refractivity contribution is -0.126. The molecule has 1 heterocycles. The summed E-state index contributed by atoms with van der Waals surface area (Å²) in [4.78, 5) is 17.7. The van der Waals surface area contributed by atoms with Gasteiger partial charge in [0.15, 0.2) is 0 Å². The molecule has 3 N–H and O–H groups in total. The van der Waals surface area contributed by atoms with Crippen LogP contribution in [0.25, 0.3) is 0 Å². The second kappa shape index (κ2) is 6.48. The first-order valence-corrected chi connectivity index (χ1v) is 7.47. The highest BCUT2D eigenvalue weighted by molar-refractivity contribution is 7.11. The Morgan fingerprint density at radius 2 is 2.16 bits per heavy atom. The predicted molar refractivity (Wildman–Crippen MR) is 80.0 cm³/mol. The lowest BCUT2D eigenvalue weighted by atomic mass is 9.84. The third kappa shape index (κ3) is 5.28. The van der Waals surface area contributed by atoms with Crippen molar-refractivity contribution in [3.05, 3.63) is 16.1 Å². The monoisotopic (exact) mass is 283 g/mol. The summed E-state index contributed by atoms with van der Waals surface area (Å²) >= 11 is 1.61. The van der Waals surface area contributed by atoms with Crippen molar-refractivity contribution in [2.45, 2.75) is 47.1 Å². The van der Waals surface area contributed by atoms with Crippen LogP contribution in [0, 0.1) is 18.3 Å². The Labute approximate surface area is 119 Å². The molecule has 0 aliphatic carbocycles. The van der Waals surface area contributed by atoms with E-state index in [1.807, 2.05) is 20.0 Å². The molecule has 108 valence electrons. The lowest BCUT2D eigenvalue weighted by Gasteiger charge is -2.25. The SMILES string of the molecule is Cc1cnc(C(C)NC(=O)C(CN)CC(C)(C)C)s1. The molecule has 5 heteroatoms. The van der Waals surface area contributed by atoms with Crippen molar-refractivity contribution in [1.82, 2.24) is 10.3 Å². The number of hydrogen-bond donors (Lipinski definition) is 2. The number of nitrogens with one attached hydrogen (secondary N) is 1. The minimum absolute atomic E-state index is 0.0257. The molecular weight excluding hydrogens is 258 g/mol. The van der Waals surface area contributed by atoms with Crippen LogP contribution in [0.1, 0.15) is 50.0 Å². The zero-order chi connectivity index (χ0) is 14.6. The maximum Gasteiger partial charge on any atom is 0.224 e. The summed E-state index contributed by atoms with van der Waals surface area (Å²) in [6.07, 6.45) is 2.62. The minimum Gasteiger partial charge on any atom is -0.347 e. The molecule has 0 aromatic carbocycles. The van der Waals surface area contributed by atoms with E-state index in [0.29, 0.717) is 6.54 Å². The average molecular weight is 283 g/mol. The largest absolute Gasteiger partial charge is 0.347 e. The Bertz CT molecular complexity index is 423. The van der Waals surface area contributed by atoms with Crippen LogP contribution in [-0.4, -0.2) is 17.4 Å². The number of rotatable bonds is 5. The van der Waals surface area contributed by atoms with Crippen molar-refractivity contribution in [3.63, 3.8) is 0 Å². The lowest BCUT2D eigenvalue weighted by Crippen LogP contribution is -2.38. The normalized spacial score (nSPS) is 15.1. The number of carbonyl (C=O) groups is 1. The molecule has 2 atom stereocenters. The van der Waals surface area contributed by atoms with Crippen LogP contribution in [0.2, 0.25) is 0 Å². The van der Waals surface area contributed by atoms with Gasteiger partial charge in [-0.05, 0) is 25.7 Å². The Balaban J connectivity index is 2.62. The Morgan fingerprint density at radius 1 is 1.53 bits per heavy atom. The highest BCUT2D eigenvalue weighted by atomic mass is 32.1. The van der Waals surface area contributed by atoms with E-state index in [-0.39, 0.29) is 23.3 Å². The van der Waals surface area contributed by atoms with Crippen molar-refractivity contribution >= 4 is 17.2 Å². The quantitative estimate of drug-likeness (QED) is 0.873. The topological polar surface area (TPSA) is 68.0 Å². The van der Waals surface area contributed by atoms with Crippen LogP contribution in [0.15, 0.2) is 6.20 Å². The standard InChI is InChI=1S/C14H25N3OS/c1-9-8-16-13(19-9)10(2)17-12(18)11(7-15)6-14(3,4)5/h8,10-11H,6-7,15H2,1-5H3,(H,17,18). The Hall–Kier alpha value is -0.940. The first kappa shape index (κ1) is 16.1. The second-order valence-electron chi connectivity index (χ2n) is 6.24. The van der Waals surface area contributed by atoms with Gasteiger partial charge in [-0.25, -0.2) is 4.98 Å². The van der Waals surface area contributed by atoms with Gasteiger partial charge in [-0.3, -0.25) is 4.79 Å². The molecule has 0 spiro atoms. The molecule has 0 saturated heterocycles. The molecule has 2 unspecified atom stereocenters. The molecule has 0 radical (unpaired) electrons. The number of carbonyl (C=O) groups excluding carboxylic acids is 1. The predicted octanol–water partition coefficient (Wildman–Crippen LogP) is 2.64. The number of amides is 1. The maximum atomic E-state index is 12.2. The smallest absolute Gasteiger partial charge is 0.224 e. The molecular formula is C14H25N3OS. The van der Waals surface area contributed by atoms with Gasteiger partial charge < -0.3 is 11.1 Å². The number of nitrogens with zero attached hydrogens (tertiary/aromatic N) is 1. The van der Waals surface area contributed by atoms with Gasteiger partial charge in [0.2, 0.25) is 5.91 Å². The van der Waals surface area contributed by atoms with Gasteiger partial charge in [0, 0.05) is 17.6 Å². The van der Waals surface area contributed by atoms with Crippen LogP contribution >= 0.6 is 11.3 Å². The van der Waals surface area contributed by atoms with Gasteiger partial charge in [-0.2, -0.15) is 0 Å². The summed E-state index contributed by atoms with van der Waals surface area (Å²) in [5.74, 6) is -0.110. The van der Waals surface area contributed by atoms with Crippen LogP contribution in [0.4, 0.5) is 0 Å². The number of nitrogens with two attached hydrogens (primary N) is 1. The Morgan fingerprint density at radius 3 is 2.58 bits per heavy atom. The maximum absolute atomic E-state index is 12.2. The fourth-order valence-electron chi connectivity index (χ4n) is 1.99. The molecule has 4 nitrogen and oxygen atoms in total. The summed E-state index contributed by atoms with van der Waals surface area (Å²) in [5, 5.41) is 3.95. The molecule has 1 aromatic heterocycles. The summed E-state index contributed by atoms with van der Waals surface area (Å²) in [7, 11) is 0.